The summed E-state index contributed by atoms with van der Waals surface area (Å²) in [6.45, 7) is 13.2. The molecule has 0 bridgehead atoms. The molecule has 61 heavy (non-hydrogen) atoms. The van der Waals surface area contributed by atoms with Crippen molar-refractivity contribution in [3.63, 3.8) is 0 Å². The van der Waals surface area contributed by atoms with Crippen molar-refractivity contribution in [2.45, 2.75) is 60.0 Å². The van der Waals surface area contributed by atoms with Crippen molar-refractivity contribution in [1.29, 1.82) is 0 Å². The van der Waals surface area contributed by atoms with Crippen LogP contribution in [0, 0.1) is 20.2 Å². The van der Waals surface area contributed by atoms with E-state index in [2.05, 4.69) is 70.9 Å². The van der Waals surface area contributed by atoms with Crippen molar-refractivity contribution in [2.75, 3.05) is 42.0 Å². The van der Waals surface area contributed by atoms with Gasteiger partial charge in [0, 0.05) is 25.3 Å². The number of rotatable bonds is 14. The zero-order valence-corrected chi connectivity index (χ0v) is 41.4. The minimum absolute atomic E-state index is 0. The Morgan fingerprint density at radius 1 is 0.787 bits per heavy atom. The quantitative estimate of drug-likeness (QED) is 0.0417. The number of nitrogens with two attached hydrogens (primary N) is 1. The van der Waals surface area contributed by atoms with Crippen LogP contribution in [-0.4, -0.2) is 58.4 Å². The number of ether oxygens (including phenoxy) is 3. The van der Waals surface area contributed by atoms with E-state index in [1.54, 1.807) is 26.0 Å². The molecule has 1 saturated heterocycles. The van der Waals surface area contributed by atoms with Crippen molar-refractivity contribution in [2.24, 2.45) is 0 Å². The van der Waals surface area contributed by atoms with Crippen LogP contribution in [0.3, 0.4) is 0 Å². The van der Waals surface area contributed by atoms with Crippen molar-refractivity contribution >= 4 is 88.5 Å². The van der Waals surface area contributed by atoms with Crippen LogP contribution >= 0.6 is 47.8 Å². The summed E-state index contributed by atoms with van der Waals surface area (Å²) < 4.78 is 15.8. The molecular weight excluding hydrogens is 1010 g/mol. The SMILES string of the molecule is C.C1CCOC1.C=CCc1cccc(CN(C(=O)OCC)c2cc(Br)nc(Br)c2[N+](=O)[O-])c1.C=CCc1cccc(CN(C(=O)OCC)c2cc(Br)nc(N)c2[N+](=O)[O-])c1.[H-].[K+]. The van der Waals surface area contributed by atoms with Crippen LogP contribution in [0.1, 0.15) is 57.8 Å². The topological polar surface area (TPSA) is 206 Å². The standard InChI is InChI=1S/C18H17Br2N3O4.C18H19BrN4O4.C4H8O.CH4.K.H/c2*1-3-6-12-7-5-8-13(9-12)11-22(18(24)27-4-2)14-10-15(19)21-17(20)16(14)23(25)26;1-2-4-5-3-1;;;/h3,5,7-10H,1,4,6,11H2,2H3;3,5,7-10H,1,4,6,11H2,2H3,(H2,20,21);1-4H2;1H4;;/q;;;;+1;-1. The second-order valence-corrected chi connectivity index (χ2v) is 14.7. The maximum absolute atomic E-state index is 12.6. The average molecular weight is 1060 g/mol. The first-order valence-electron chi connectivity index (χ1n) is 18.2. The molecule has 2 amide bonds. The number of allylic oxidation sites excluding steroid dienone is 2. The number of nitro groups is 2. The molecule has 0 unspecified atom stereocenters. The molecule has 0 saturated carbocycles. The Morgan fingerprint density at radius 2 is 1.20 bits per heavy atom. The van der Waals surface area contributed by atoms with Crippen LogP contribution in [0.25, 0.3) is 0 Å². The van der Waals surface area contributed by atoms with Gasteiger partial charge < -0.3 is 21.4 Å². The minimum atomic E-state index is -0.716. The van der Waals surface area contributed by atoms with Crippen LogP contribution in [-0.2, 0) is 40.1 Å². The third kappa shape index (κ3) is 17.6. The molecule has 0 radical (unpaired) electrons. The van der Waals surface area contributed by atoms with Crippen LogP contribution < -0.4 is 66.9 Å². The number of hydrogen-bond donors (Lipinski definition) is 1. The number of nitrogen functional groups attached to an aromatic ring is 1. The fourth-order valence-electron chi connectivity index (χ4n) is 5.56. The van der Waals surface area contributed by atoms with Crippen LogP contribution in [0.2, 0.25) is 0 Å². The fraction of sp³-hybridized carbons (Fsp3) is 0.317. The number of hydrogen-bond acceptors (Lipinski definition) is 12. The van der Waals surface area contributed by atoms with E-state index >= 15 is 0 Å². The number of anilines is 3. The summed E-state index contributed by atoms with van der Waals surface area (Å²) in [6, 6.07) is 17.9. The van der Waals surface area contributed by atoms with Crippen LogP contribution in [0.15, 0.2) is 99.8 Å². The number of carbonyl (C=O) groups excluding carboxylic acids is 2. The number of pyridine rings is 2. The number of aromatic nitrogens is 2. The van der Waals surface area contributed by atoms with Crippen molar-refractivity contribution < 1.29 is 86.5 Å². The van der Waals surface area contributed by atoms with E-state index in [0.29, 0.717) is 17.4 Å². The van der Waals surface area contributed by atoms with E-state index < -0.39 is 27.7 Å². The van der Waals surface area contributed by atoms with Crippen LogP contribution in [0.5, 0.6) is 0 Å². The molecule has 2 N–H and O–H groups in total. The molecule has 2 aromatic heterocycles. The normalized spacial score (nSPS) is 11.1. The van der Waals surface area contributed by atoms with Gasteiger partial charge in [0.15, 0.2) is 4.60 Å². The second kappa shape index (κ2) is 28.9. The summed E-state index contributed by atoms with van der Waals surface area (Å²) in [7, 11) is 0. The summed E-state index contributed by atoms with van der Waals surface area (Å²) in [5, 5.41) is 23.1. The molecule has 3 heterocycles. The maximum atomic E-state index is 12.6. The summed E-state index contributed by atoms with van der Waals surface area (Å²) in [4.78, 5) is 57.2. The molecule has 20 heteroatoms. The Kier molecular flexibility index (Phi) is 26.2. The third-order valence-corrected chi connectivity index (χ3v) is 9.41. The summed E-state index contributed by atoms with van der Waals surface area (Å²) >= 11 is 9.48. The van der Waals surface area contributed by atoms with Crippen molar-refractivity contribution in [1.82, 2.24) is 9.97 Å². The van der Waals surface area contributed by atoms with Gasteiger partial charge in [0.1, 0.15) is 20.6 Å². The molecule has 4 aromatic rings. The Hall–Kier alpha value is -3.60. The monoisotopic (exact) mass is 1060 g/mol. The molecule has 16 nitrogen and oxygen atoms in total. The first kappa shape index (κ1) is 55.4. The first-order chi connectivity index (χ1) is 28.2. The van der Waals surface area contributed by atoms with Crippen LogP contribution in [0.4, 0.5) is 38.2 Å². The molecule has 0 aliphatic carbocycles. The fourth-order valence-corrected chi connectivity index (χ4v) is 7.14. The molecular formula is C41H49Br3KN7O9. The van der Waals surface area contributed by atoms with Gasteiger partial charge in [-0.3, -0.25) is 30.0 Å². The molecule has 5 rings (SSSR count). The third-order valence-electron chi connectivity index (χ3n) is 8.04. The van der Waals surface area contributed by atoms with E-state index in [1.807, 2.05) is 48.5 Å². The van der Waals surface area contributed by atoms with Gasteiger partial charge in [-0.05, 0) is 110 Å². The zero-order chi connectivity index (χ0) is 43.5. The Balaban J connectivity index is 0.00000103. The molecule has 1 aliphatic rings. The van der Waals surface area contributed by atoms with Gasteiger partial charge in [-0.15, -0.1) is 13.2 Å². The molecule has 2 aromatic carbocycles. The van der Waals surface area contributed by atoms with Gasteiger partial charge in [0.2, 0.25) is 5.82 Å². The zero-order valence-electron chi connectivity index (χ0n) is 34.5. The van der Waals surface area contributed by atoms with E-state index in [-0.39, 0.29) is 119 Å². The molecule has 1 aliphatic heterocycles. The molecule has 1 fully saturated rings. The predicted molar refractivity (Wildman–Crippen MR) is 244 cm³/mol. The molecule has 324 valence electrons. The van der Waals surface area contributed by atoms with Gasteiger partial charge in [-0.2, -0.15) is 0 Å². The smallest absolute Gasteiger partial charge is 1.00 e. The van der Waals surface area contributed by atoms with E-state index in [9.17, 15) is 29.8 Å². The van der Waals surface area contributed by atoms with E-state index in [0.717, 1.165) is 35.5 Å². The van der Waals surface area contributed by atoms with E-state index in [4.69, 9.17) is 19.9 Å². The minimum Gasteiger partial charge on any atom is -1.00 e. The summed E-state index contributed by atoms with van der Waals surface area (Å²) in [5.74, 6) is -0.293. The van der Waals surface area contributed by atoms with Gasteiger partial charge in [-0.1, -0.05) is 68.1 Å². The number of nitrogens with zero attached hydrogens (tertiary/aromatic N) is 6. The van der Waals surface area contributed by atoms with E-state index in [1.165, 1.54) is 34.8 Å². The van der Waals surface area contributed by atoms with Crippen molar-refractivity contribution in [3.8, 4) is 0 Å². The summed E-state index contributed by atoms with van der Waals surface area (Å²) in [5.41, 5.74) is 8.67. The largest absolute Gasteiger partial charge is 1.00 e. The number of benzene rings is 2. The van der Waals surface area contributed by atoms with Gasteiger partial charge >= 0.3 is 74.9 Å². The maximum Gasteiger partial charge on any atom is 1.00 e. The average Bonchev–Trinajstić information content (AvgIpc) is 3.77. The predicted octanol–water partition coefficient (Wildman–Crippen LogP) is 8.18. The molecule has 0 atom stereocenters. The Labute approximate surface area is 424 Å². The van der Waals surface area contributed by atoms with Crippen molar-refractivity contribution in [3.05, 3.63) is 142 Å². The summed E-state index contributed by atoms with van der Waals surface area (Å²) in [6.07, 6.45) is 6.06. The van der Waals surface area contributed by atoms with Gasteiger partial charge in [0.05, 0.1) is 36.1 Å². The number of carbonyl (C=O) groups is 2. The second-order valence-electron chi connectivity index (χ2n) is 12.3. The Morgan fingerprint density at radius 3 is 1.57 bits per heavy atom. The van der Waals surface area contributed by atoms with Gasteiger partial charge in [0.25, 0.3) is 0 Å². The number of halogens is 3. The number of amides is 2. The Bertz CT molecular complexity index is 1980. The first-order valence-corrected chi connectivity index (χ1v) is 20.6. The molecule has 0 spiro atoms. The van der Waals surface area contributed by atoms with Gasteiger partial charge in [-0.25, -0.2) is 19.6 Å².